The van der Waals surface area contributed by atoms with Crippen molar-refractivity contribution in [3.63, 3.8) is 0 Å². The van der Waals surface area contributed by atoms with Crippen molar-refractivity contribution in [1.82, 2.24) is 0 Å². The molecule has 0 aliphatic rings. The van der Waals surface area contributed by atoms with E-state index in [1.807, 2.05) is 0 Å². The lowest BCUT2D eigenvalue weighted by Crippen LogP contribution is -1.95. The van der Waals surface area contributed by atoms with E-state index in [0.717, 1.165) is 0 Å². The monoisotopic (exact) mass is 1000 g/mol. The van der Waals surface area contributed by atoms with Crippen LogP contribution in [0.4, 0.5) is 0 Å². The molecule has 0 spiro atoms. The second kappa shape index (κ2) is 62.8. The van der Waals surface area contributed by atoms with E-state index in [0.29, 0.717) is 0 Å². The largest absolute Gasteiger partial charge is 0.0654 e. The summed E-state index contributed by atoms with van der Waals surface area (Å²) in [4.78, 5) is 0. The molecule has 0 atom stereocenters. The molecule has 0 unspecified atom stereocenters. The standard InChI is InChI=1S/C72H138/c1-3-5-7-9-11-13-15-17-19-21-23-25-27-29-31-33-35-37-39-41-43-45-47-49-51-53-55-57-59-61-63-67-71-69-65-66-70-72(71)68-64-62-60-58-56-54-52-50-48-46-44-42-40-38-36-34-32-30-28-26-24-22-20-18-16-14-12-10-8-6-4-2/h65-66,69-70H,3-64,67-68H2,1-2H3. The summed E-state index contributed by atoms with van der Waals surface area (Å²) in [6, 6.07) is 9.43. The van der Waals surface area contributed by atoms with Gasteiger partial charge in [-0.1, -0.05) is 423 Å². The molecule has 0 amide bonds. The highest BCUT2D eigenvalue weighted by Crippen LogP contribution is 2.21. The maximum absolute atomic E-state index is 2.43. The van der Waals surface area contributed by atoms with Crippen molar-refractivity contribution in [2.45, 2.75) is 425 Å². The summed E-state index contributed by atoms with van der Waals surface area (Å²) in [5.41, 5.74) is 3.30. The molecule has 0 fully saturated rings. The first kappa shape index (κ1) is 69.2. The van der Waals surface area contributed by atoms with Crippen LogP contribution in [0.3, 0.4) is 0 Å². The summed E-state index contributed by atoms with van der Waals surface area (Å²) in [6.45, 7) is 4.63. The van der Waals surface area contributed by atoms with Crippen LogP contribution >= 0.6 is 0 Å². The van der Waals surface area contributed by atoms with Gasteiger partial charge in [0.05, 0.1) is 0 Å². The Labute approximate surface area is 458 Å². The first-order valence-electron chi connectivity index (χ1n) is 34.9. The van der Waals surface area contributed by atoms with Crippen LogP contribution in [0.25, 0.3) is 0 Å². The third-order valence-electron chi connectivity index (χ3n) is 17.2. The number of aryl methyl sites for hydroxylation is 2. The van der Waals surface area contributed by atoms with Gasteiger partial charge in [0.2, 0.25) is 0 Å². The molecular weight excluding hydrogens is 865 g/mol. The lowest BCUT2D eigenvalue weighted by atomic mass is 9.96. The van der Waals surface area contributed by atoms with E-state index in [1.165, 1.54) is 411 Å². The number of hydrogen-bond acceptors (Lipinski definition) is 0. The highest BCUT2D eigenvalue weighted by Gasteiger charge is 2.04. The van der Waals surface area contributed by atoms with Crippen LogP contribution in [0.1, 0.15) is 423 Å². The molecule has 0 heteroatoms. The molecule has 0 nitrogen and oxygen atoms in total. The third kappa shape index (κ3) is 55.5. The van der Waals surface area contributed by atoms with E-state index in [9.17, 15) is 0 Å². The van der Waals surface area contributed by atoms with Crippen molar-refractivity contribution >= 4 is 0 Å². The smallest absolute Gasteiger partial charge is 0.0276 e. The fourth-order valence-corrected chi connectivity index (χ4v) is 12.1. The zero-order chi connectivity index (χ0) is 51.2. The summed E-state index contributed by atoms with van der Waals surface area (Å²) in [6.07, 6.45) is 94.0. The summed E-state index contributed by atoms with van der Waals surface area (Å²) in [5, 5.41) is 0. The van der Waals surface area contributed by atoms with Crippen molar-refractivity contribution in [3.05, 3.63) is 35.4 Å². The molecule has 0 heterocycles. The summed E-state index contributed by atoms with van der Waals surface area (Å²) in [7, 11) is 0. The molecule has 0 bridgehead atoms. The normalized spacial score (nSPS) is 11.7. The lowest BCUT2D eigenvalue weighted by Gasteiger charge is -2.10. The predicted molar refractivity (Wildman–Crippen MR) is 331 cm³/mol. The number of unbranched alkanes of at least 4 members (excludes halogenated alkanes) is 60. The van der Waals surface area contributed by atoms with Crippen molar-refractivity contribution in [3.8, 4) is 0 Å². The fourth-order valence-electron chi connectivity index (χ4n) is 12.1. The Morgan fingerprint density at radius 1 is 0.153 bits per heavy atom. The van der Waals surface area contributed by atoms with Gasteiger partial charge in [0.25, 0.3) is 0 Å². The highest BCUT2D eigenvalue weighted by atomic mass is 14.1. The topological polar surface area (TPSA) is 0 Å². The van der Waals surface area contributed by atoms with Gasteiger partial charge in [-0.15, -0.1) is 0 Å². The van der Waals surface area contributed by atoms with Crippen LogP contribution in [-0.4, -0.2) is 0 Å². The van der Waals surface area contributed by atoms with Crippen LogP contribution in [0.5, 0.6) is 0 Å². The first-order valence-corrected chi connectivity index (χ1v) is 34.9. The van der Waals surface area contributed by atoms with Crippen LogP contribution in [0, 0.1) is 0 Å². The molecule has 1 rings (SSSR count). The molecule has 1 aromatic rings. The Kier molecular flexibility index (Phi) is 60.3. The molecule has 0 aliphatic heterocycles. The van der Waals surface area contributed by atoms with E-state index in [4.69, 9.17) is 0 Å². The van der Waals surface area contributed by atoms with Gasteiger partial charge in [0.1, 0.15) is 0 Å². The number of benzene rings is 1. The minimum Gasteiger partial charge on any atom is -0.0654 e. The molecule has 72 heavy (non-hydrogen) atoms. The maximum atomic E-state index is 2.43. The molecule has 0 saturated carbocycles. The minimum atomic E-state index is 1.30. The Hall–Kier alpha value is -0.780. The molecule has 0 radical (unpaired) electrons. The summed E-state index contributed by atoms with van der Waals surface area (Å²) in [5.74, 6) is 0. The first-order chi connectivity index (χ1) is 35.9. The van der Waals surface area contributed by atoms with Gasteiger partial charge >= 0.3 is 0 Å². The molecule has 0 saturated heterocycles. The van der Waals surface area contributed by atoms with Gasteiger partial charge in [-0.2, -0.15) is 0 Å². The van der Waals surface area contributed by atoms with Gasteiger partial charge in [-0.05, 0) is 36.8 Å². The lowest BCUT2D eigenvalue weighted by molar-refractivity contribution is 0.512. The Bertz CT molecular complexity index is 1000. The second-order valence-electron chi connectivity index (χ2n) is 24.5. The molecule has 0 N–H and O–H groups in total. The molecule has 1 aromatic carbocycles. The van der Waals surface area contributed by atoms with Gasteiger partial charge in [0, 0.05) is 0 Å². The van der Waals surface area contributed by atoms with E-state index >= 15 is 0 Å². The van der Waals surface area contributed by atoms with E-state index in [1.54, 1.807) is 11.1 Å². The molecule has 426 valence electrons. The molecular formula is C72H138. The molecule has 0 aromatic heterocycles. The van der Waals surface area contributed by atoms with Gasteiger partial charge in [-0.25, -0.2) is 0 Å². The minimum absolute atomic E-state index is 1.30. The van der Waals surface area contributed by atoms with Crippen LogP contribution < -0.4 is 0 Å². The average molecular weight is 1000 g/mol. The number of hydrogen-bond donors (Lipinski definition) is 0. The average Bonchev–Trinajstić information content (AvgIpc) is 3.39. The second-order valence-corrected chi connectivity index (χ2v) is 24.5. The summed E-state index contributed by atoms with van der Waals surface area (Å²) < 4.78 is 0. The van der Waals surface area contributed by atoms with E-state index < -0.39 is 0 Å². The van der Waals surface area contributed by atoms with Crippen LogP contribution in [0.15, 0.2) is 24.3 Å². The fraction of sp³-hybridized carbons (Fsp3) is 0.917. The number of rotatable bonds is 64. The van der Waals surface area contributed by atoms with Gasteiger partial charge in [-0.3, -0.25) is 0 Å². The van der Waals surface area contributed by atoms with Gasteiger partial charge in [0.15, 0.2) is 0 Å². The van der Waals surface area contributed by atoms with Crippen molar-refractivity contribution in [2.75, 3.05) is 0 Å². The maximum Gasteiger partial charge on any atom is -0.0276 e. The Morgan fingerprint density at radius 2 is 0.264 bits per heavy atom. The van der Waals surface area contributed by atoms with E-state index in [-0.39, 0.29) is 0 Å². The SMILES string of the molecule is CCCCCCCCCCCCCCCCCCCCCCCCCCCCCCCCCc1ccccc1CCCCCCCCCCCCCCCCCCCCCCCCCCCCCCCCC. The summed E-state index contributed by atoms with van der Waals surface area (Å²) >= 11 is 0. The van der Waals surface area contributed by atoms with Crippen LogP contribution in [0.2, 0.25) is 0 Å². The zero-order valence-corrected chi connectivity index (χ0v) is 50.6. The quantitative estimate of drug-likeness (QED) is 0.0571. The molecule has 0 aliphatic carbocycles. The predicted octanol–water partition coefficient (Wildman–Crippen LogP) is 27.0. The van der Waals surface area contributed by atoms with Crippen molar-refractivity contribution in [2.24, 2.45) is 0 Å². The third-order valence-corrected chi connectivity index (χ3v) is 17.2. The van der Waals surface area contributed by atoms with Crippen molar-refractivity contribution in [1.29, 1.82) is 0 Å². The van der Waals surface area contributed by atoms with E-state index in [2.05, 4.69) is 38.1 Å². The van der Waals surface area contributed by atoms with Crippen LogP contribution in [-0.2, 0) is 12.8 Å². The van der Waals surface area contributed by atoms with Gasteiger partial charge < -0.3 is 0 Å². The Morgan fingerprint density at radius 3 is 0.389 bits per heavy atom. The zero-order valence-electron chi connectivity index (χ0n) is 50.6. The highest BCUT2D eigenvalue weighted by molar-refractivity contribution is 5.27. The Balaban J connectivity index is 1.75. The van der Waals surface area contributed by atoms with Crippen molar-refractivity contribution < 1.29 is 0 Å².